The number of benzene rings is 1. The van der Waals surface area contributed by atoms with Crippen molar-refractivity contribution in [2.75, 3.05) is 7.05 Å². The van der Waals surface area contributed by atoms with E-state index < -0.39 is 0 Å². The first-order valence-electron chi connectivity index (χ1n) is 5.72. The molecule has 0 spiro atoms. The number of halogens is 2. The van der Waals surface area contributed by atoms with Crippen LogP contribution in [0.4, 0.5) is 0 Å². The van der Waals surface area contributed by atoms with Crippen molar-refractivity contribution >= 4 is 43.2 Å². The molecule has 18 heavy (non-hydrogen) atoms. The molecule has 96 valence electrons. The quantitative estimate of drug-likeness (QED) is 0.761. The maximum Gasteiger partial charge on any atom is 0.0843 e. The molecule has 0 amide bonds. The van der Waals surface area contributed by atoms with E-state index in [0.29, 0.717) is 0 Å². The monoisotopic (exact) mass is 387 g/mol. The highest BCUT2D eigenvalue weighted by Gasteiger charge is 2.17. The van der Waals surface area contributed by atoms with Gasteiger partial charge in [-0.1, -0.05) is 23.8 Å². The maximum atomic E-state index is 3.56. The van der Waals surface area contributed by atoms with Crippen LogP contribution in [-0.2, 0) is 0 Å². The molecule has 1 aromatic carbocycles. The molecule has 0 radical (unpaired) electrons. The van der Waals surface area contributed by atoms with Crippen LogP contribution in [0.1, 0.15) is 27.6 Å². The predicted molar refractivity (Wildman–Crippen MR) is 86.5 cm³/mol. The Balaban J connectivity index is 2.45. The normalized spacial score (nSPS) is 12.7. The molecule has 1 aromatic heterocycles. The minimum atomic E-state index is 0.248. The first-order chi connectivity index (χ1) is 8.52. The summed E-state index contributed by atoms with van der Waals surface area (Å²) < 4.78 is 2.26. The highest BCUT2D eigenvalue weighted by molar-refractivity contribution is 9.13. The van der Waals surface area contributed by atoms with Gasteiger partial charge in [0, 0.05) is 9.35 Å². The Morgan fingerprint density at radius 2 is 1.89 bits per heavy atom. The third-order valence-electron chi connectivity index (χ3n) is 2.97. The first kappa shape index (κ1) is 14.3. The Morgan fingerprint density at radius 3 is 2.39 bits per heavy atom. The molecule has 2 aromatic rings. The van der Waals surface area contributed by atoms with E-state index in [1.54, 1.807) is 11.3 Å². The van der Waals surface area contributed by atoms with Crippen molar-refractivity contribution in [2.45, 2.75) is 19.9 Å². The third-order valence-corrected chi connectivity index (χ3v) is 6.29. The van der Waals surface area contributed by atoms with Gasteiger partial charge in [0.2, 0.25) is 0 Å². The van der Waals surface area contributed by atoms with Gasteiger partial charge in [-0.3, -0.25) is 0 Å². The standard InChI is InChI=1S/C14H15Br2NS/c1-8-4-5-10(9(2)6-8)13(17-3)12-7-11(15)14(16)18-12/h4-7,13,17H,1-3H3. The molecule has 1 unspecified atom stereocenters. The van der Waals surface area contributed by atoms with Crippen LogP contribution >= 0.6 is 43.2 Å². The van der Waals surface area contributed by atoms with E-state index in [-0.39, 0.29) is 6.04 Å². The van der Waals surface area contributed by atoms with Crippen LogP contribution in [0.3, 0.4) is 0 Å². The Kier molecular flexibility index (Phi) is 4.64. The van der Waals surface area contributed by atoms with Gasteiger partial charge < -0.3 is 5.32 Å². The molecule has 0 aliphatic carbocycles. The van der Waals surface area contributed by atoms with Gasteiger partial charge >= 0.3 is 0 Å². The summed E-state index contributed by atoms with van der Waals surface area (Å²) in [5.41, 5.74) is 3.97. The average molecular weight is 389 g/mol. The molecule has 1 N–H and O–H groups in total. The third kappa shape index (κ3) is 2.87. The molecule has 0 bridgehead atoms. The summed E-state index contributed by atoms with van der Waals surface area (Å²) in [6, 6.07) is 9.04. The summed E-state index contributed by atoms with van der Waals surface area (Å²) in [5.74, 6) is 0. The Bertz CT molecular complexity index is 543. The largest absolute Gasteiger partial charge is 0.309 e. The van der Waals surface area contributed by atoms with E-state index in [1.165, 1.54) is 21.6 Å². The lowest BCUT2D eigenvalue weighted by Crippen LogP contribution is -2.17. The van der Waals surface area contributed by atoms with Crippen molar-refractivity contribution in [3.63, 3.8) is 0 Å². The highest BCUT2D eigenvalue weighted by Crippen LogP contribution is 2.38. The van der Waals surface area contributed by atoms with Crippen molar-refractivity contribution in [3.8, 4) is 0 Å². The summed E-state index contributed by atoms with van der Waals surface area (Å²) >= 11 is 8.87. The van der Waals surface area contributed by atoms with Crippen molar-refractivity contribution in [1.29, 1.82) is 0 Å². The second-order valence-electron chi connectivity index (χ2n) is 4.35. The number of nitrogens with one attached hydrogen (secondary N) is 1. The van der Waals surface area contributed by atoms with Crippen LogP contribution in [0.15, 0.2) is 32.5 Å². The maximum absolute atomic E-state index is 3.56. The number of thiophene rings is 1. The van der Waals surface area contributed by atoms with Gasteiger partial charge in [0.25, 0.3) is 0 Å². The minimum absolute atomic E-state index is 0.248. The van der Waals surface area contributed by atoms with E-state index in [2.05, 4.69) is 75.3 Å². The van der Waals surface area contributed by atoms with E-state index in [0.717, 1.165) is 8.26 Å². The Hall–Kier alpha value is -0.160. The number of aryl methyl sites for hydroxylation is 2. The van der Waals surface area contributed by atoms with Crippen LogP contribution in [-0.4, -0.2) is 7.05 Å². The number of hydrogen-bond donors (Lipinski definition) is 1. The predicted octanol–water partition coefficient (Wildman–Crippen LogP) is 5.20. The lowest BCUT2D eigenvalue weighted by molar-refractivity contribution is 0.699. The van der Waals surface area contributed by atoms with Gasteiger partial charge in [-0.15, -0.1) is 11.3 Å². The zero-order chi connectivity index (χ0) is 13.3. The number of rotatable bonds is 3. The SMILES string of the molecule is CNC(c1cc(Br)c(Br)s1)c1ccc(C)cc1C. The van der Waals surface area contributed by atoms with E-state index in [1.807, 2.05) is 7.05 Å². The molecule has 0 aliphatic heterocycles. The van der Waals surface area contributed by atoms with E-state index >= 15 is 0 Å². The Labute approximate surface area is 129 Å². The number of hydrogen-bond acceptors (Lipinski definition) is 2. The van der Waals surface area contributed by atoms with E-state index in [4.69, 9.17) is 0 Å². The molecule has 0 saturated carbocycles. The topological polar surface area (TPSA) is 12.0 Å². The summed E-state index contributed by atoms with van der Waals surface area (Å²) in [6.07, 6.45) is 0. The second-order valence-corrected chi connectivity index (χ2v) is 7.61. The van der Waals surface area contributed by atoms with Crippen molar-refractivity contribution in [2.24, 2.45) is 0 Å². The lowest BCUT2D eigenvalue weighted by atomic mass is 9.98. The Morgan fingerprint density at radius 1 is 1.17 bits per heavy atom. The summed E-state index contributed by atoms with van der Waals surface area (Å²) in [5, 5.41) is 3.40. The van der Waals surface area contributed by atoms with E-state index in [9.17, 15) is 0 Å². The second kappa shape index (κ2) is 5.87. The van der Waals surface area contributed by atoms with Crippen LogP contribution in [0.25, 0.3) is 0 Å². The van der Waals surface area contributed by atoms with Crippen molar-refractivity contribution in [1.82, 2.24) is 5.32 Å². The van der Waals surface area contributed by atoms with Crippen molar-refractivity contribution < 1.29 is 0 Å². The van der Waals surface area contributed by atoms with Gasteiger partial charge in [-0.2, -0.15) is 0 Å². The van der Waals surface area contributed by atoms with Crippen LogP contribution in [0, 0.1) is 13.8 Å². The van der Waals surface area contributed by atoms with Crippen LogP contribution in [0.2, 0.25) is 0 Å². The van der Waals surface area contributed by atoms with Gasteiger partial charge in [0.15, 0.2) is 0 Å². The molecule has 0 saturated heterocycles. The molecule has 0 aliphatic rings. The molecular formula is C14H15Br2NS. The summed E-state index contributed by atoms with van der Waals surface area (Å²) in [6.45, 7) is 4.30. The fourth-order valence-corrected chi connectivity index (χ4v) is 4.33. The zero-order valence-corrected chi connectivity index (χ0v) is 14.5. The average Bonchev–Trinajstić information content (AvgIpc) is 2.63. The van der Waals surface area contributed by atoms with Gasteiger partial charge in [0.05, 0.1) is 9.83 Å². The molecule has 2 rings (SSSR count). The minimum Gasteiger partial charge on any atom is -0.309 e. The molecule has 0 fully saturated rings. The highest BCUT2D eigenvalue weighted by atomic mass is 79.9. The van der Waals surface area contributed by atoms with Gasteiger partial charge in [-0.25, -0.2) is 0 Å². The fraction of sp³-hybridized carbons (Fsp3) is 0.286. The van der Waals surface area contributed by atoms with Crippen LogP contribution < -0.4 is 5.32 Å². The fourth-order valence-electron chi connectivity index (χ4n) is 2.11. The zero-order valence-electron chi connectivity index (χ0n) is 10.6. The molecule has 1 heterocycles. The smallest absolute Gasteiger partial charge is 0.0843 e. The molecule has 1 nitrogen and oxygen atoms in total. The van der Waals surface area contributed by atoms with Gasteiger partial charge in [0.1, 0.15) is 0 Å². The summed E-state index contributed by atoms with van der Waals surface area (Å²) in [4.78, 5) is 1.31. The first-order valence-corrected chi connectivity index (χ1v) is 8.12. The van der Waals surface area contributed by atoms with Crippen molar-refractivity contribution in [3.05, 3.63) is 54.1 Å². The summed E-state index contributed by atoms with van der Waals surface area (Å²) in [7, 11) is 2.01. The van der Waals surface area contributed by atoms with Crippen LogP contribution in [0.5, 0.6) is 0 Å². The lowest BCUT2D eigenvalue weighted by Gasteiger charge is -2.18. The van der Waals surface area contributed by atoms with Gasteiger partial charge in [-0.05, 0) is 69.9 Å². The molecule has 4 heteroatoms. The molecule has 1 atom stereocenters. The molecular weight excluding hydrogens is 374 g/mol.